The van der Waals surface area contributed by atoms with E-state index in [1.807, 2.05) is 0 Å². The molecule has 0 spiro atoms. The molecular formula is C19H16F2N4O2. The third-order valence-electron chi connectivity index (χ3n) is 4.61. The van der Waals surface area contributed by atoms with E-state index in [4.69, 9.17) is 4.52 Å². The van der Waals surface area contributed by atoms with Gasteiger partial charge < -0.3 is 9.42 Å². The fourth-order valence-electron chi connectivity index (χ4n) is 3.20. The molecule has 1 aliphatic rings. The minimum absolute atomic E-state index is 0.00534. The van der Waals surface area contributed by atoms with E-state index in [2.05, 4.69) is 15.1 Å². The monoisotopic (exact) mass is 370 g/mol. The van der Waals surface area contributed by atoms with Crippen molar-refractivity contribution in [1.82, 2.24) is 20.0 Å². The summed E-state index contributed by atoms with van der Waals surface area (Å²) in [6, 6.07) is 7.15. The van der Waals surface area contributed by atoms with Crippen LogP contribution in [0.4, 0.5) is 8.78 Å². The second-order valence-corrected chi connectivity index (χ2v) is 6.41. The lowest BCUT2D eigenvalue weighted by Crippen LogP contribution is -2.39. The van der Waals surface area contributed by atoms with Crippen molar-refractivity contribution >= 4 is 5.91 Å². The van der Waals surface area contributed by atoms with Gasteiger partial charge in [-0.15, -0.1) is 0 Å². The van der Waals surface area contributed by atoms with E-state index >= 15 is 0 Å². The minimum atomic E-state index is -0.636. The molecule has 27 heavy (non-hydrogen) atoms. The van der Waals surface area contributed by atoms with E-state index in [1.54, 1.807) is 17.0 Å². The van der Waals surface area contributed by atoms with Crippen LogP contribution in [0.1, 0.15) is 34.9 Å². The molecule has 3 heterocycles. The number of carbonyl (C=O) groups excluding carboxylic acids is 1. The summed E-state index contributed by atoms with van der Waals surface area (Å²) in [4.78, 5) is 22.3. The van der Waals surface area contributed by atoms with Crippen LogP contribution in [0.3, 0.4) is 0 Å². The molecule has 0 saturated carbocycles. The number of rotatable bonds is 3. The molecule has 0 bridgehead atoms. The number of amides is 1. The summed E-state index contributed by atoms with van der Waals surface area (Å²) in [6.45, 7) is 0.919. The third-order valence-corrected chi connectivity index (χ3v) is 4.61. The van der Waals surface area contributed by atoms with Gasteiger partial charge in [0, 0.05) is 30.8 Å². The van der Waals surface area contributed by atoms with Crippen LogP contribution in [-0.4, -0.2) is 39.0 Å². The van der Waals surface area contributed by atoms with Gasteiger partial charge in [-0.25, -0.2) is 8.78 Å². The third kappa shape index (κ3) is 3.55. The van der Waals surface area contributed by atoms with Crippen molar-refractivity contribution in [3.05, 3.63) is 65.7 Å². The standard InChI is InChI=1S/C19H16F2N4O2/c20-14-5-3-12(4-6-14)18-23-17(24-27-18)13-2-1-9-25(11-13)19(26)15-7-8-22-10-16(15)21/h3-8,10,13H,1-2,9,11H2. The lowest BCUT2D eigenvalue weighted by molar-refractivity contribution is 0.0698. The first-order chi connectivity index (χ1) is 13.1. The number of piperidine rings is 1. The Morgan fingerprint density at radius 2 is 2.00 bits per heavy atom. The lowest BCUT2D eigenvalue weighted by atomic mass is 9.96. The average molecular weight is 370 g/mol. The number of aromatic nitrogens is 3. The van der Waals surface area contributed by atoms with Crippen LogP contribution in [0.15, 0.2) is 47.2 Å². The minimum Gasteiger partial charge on any atom is -0.338 e. The number of hydrogen-bond acceptors (Lipinski definition) is 5. The molecule has 0 radical (unpaired) electrons. The van der Waals surface area contributed by atoms with Gasteiger partial charge in [-0.05, 0) is 43.2 Å². The number of carbonyl (C=O) groups is 1. The van der Waals surface area contributed by atoms with Crippen LogP contribution < -0.4 is 0 Å². The first kappa shape index (κ1) is 17.3. The van der Waals surface area contributed by atoms with Gasteiger partial charge in [-0.2, -0.15) is 4.98 Å². The molecule has 1 aromatic carbocycles. The van der Waals surface area contributed by atoms with Crippen molar-refractivity contribution in [2.75, 3.05) is 13.1 Å². The molecule has 6 nitrogen and oxygen atoms in total. The number of hydrogen-bond donors (Lipinski definition) is 0. The Balaban J connectivity index is 1.51. The Hall–Kier alpha value is -3.16. The zero-order valence-corrected chi connectivity index (χ0v) is 14.3. The van der Waals surface area contributed by atoms with E-state index in [1.165, 1.54) is 24.4 Å². The van der Waals surface area contributed by atoms with Crippen LogP contribution >= 0.6 is 0 Å². The Labute approximate surface area is 153 Å². The van der Waals surface area contributed by atoms with E-state index in [0.717, 1.165) is 19.0 Å². The van der Waals surface area contributed by atoms with Crippen LogP contribution in [-0.2, 0) is 0 Å². The van der Waals surface area contributed by atoms with Gasteiger partial charge in [-0.3, -0.25) is 9.78 Å². The molecule has 1 unspecified atom stereocenters. The highest BCUT2D eigenvalue weighted by atomic mass is 19.1. The van der Waals surface area contributed by atoms with E-state index < -0.39 is 5.82 Å². The summed E-state index contributed by atoms with van der Waals surface area (Å²) < 4.78 is 32.2. The van der Waals surface area contributed by atoms with Crippen molar-refractivity contribution in [2.45, 2.75) is 18.8 Å². The van der Waals surface area contributed by atoms with Gasteiger partial charge in [0.25, 0.3) is 11.8 Å². The molecule has 0 aliphatic carbocycles. The molecule has 1 atom stereocenters. The Kier molecular flexibility index (Phi) is 4.62. The SMILES string of the molecule is O=C(c1ccncc1F)N1CCCC(c2noc(-c3ccc(F)cc3)n2)C1. The molecule has 138 valence electrons. The van der Waals surface area contributed by atoms with Gasteiger partial charge in [0.05, 0.1) is 11.8 Å². The fourth-order valence-corrected chi connectivity index (χ4v) is 3.20. The molecule has 4 rings (SSSR count). The van der Waals surface area contributed by atoms with Crippen molar-refractivity contribution in [1.29, 1.82) is 0 Å². The Morgan fingerprint density at radius 3 is 2.78 bits per heavy atom. The number of pyridine rings is 1. The zero-order chi connectivity index (χ0) is 18.8. The summed E-state index contributed by atoms with van der Waals surface area (Å²) >= 11 is 0. The maximum Gasteiger partial charge on any atom is 0.257 e. The van der Waals surface area contributed by atoms with Gasteiger partial charge in [-0.1, -0.05) is 5.16 Å². The molecule has 2 aromatic heterocycles. The van der Waals surface area contributed by atoms with Crippen LogP contribution in [0.5, 0.6) is 0 Å². The summed E-state index contributed by atoms with van der Waals surface area (Å²) in [6.07, 6.45) is 3.98. The highest BCUT2D eigenvalue weighted by molar-refractivity contribution is 5.94. The highest BCUT2D eigenvalue weighted by Crippen LogP contribution is 2.28. The van der Waals surface area contributed by atoms with Gasteiger partial charge >= 0.3 is 0 Å². The average Bonchev–Trinajstić information content (AvgIpc) is 3.19. The molecule has 8 heteroatoms. The van der Waals surface area contributed by atoms with Gasteiger partial charge in [0.1, 0.15) is 5.82 Å². The van der Waals surface area contributed by atoms with E-state index in [-0.39, 0.29) is 23.2 Å². The maximum atomic E-state index is 13.9. The van der Waals surface area contributed by atoms with Crippen molar-refractivity contribution in [2.24, 2.45) is 0 Å². The highest BCUT2D eigenvalue weighted by Gasteiger charge is 2.29. The van der Waals surface area contributed by atoms with E-state index in [9.17, 15) is 13.6 Å². The molecule has 1 saturated heterocycles. The molecule has 1 amide bonds. The summed E-state index contributed by atoms with van der Waals surface area (Å²) in [7, 11) is 0. The number of likely N-dealkylation sites (tertiary alicyclic amines) is 1. The first-order valence-corrected chi connectivity index (χ1v) is 8.60. The first-order valence-electron chi connectivity index (χ1n) is 8.60. The fraction of sp³-hybridized carbons (Fsp3) is 0.263. The summed E-state index contributed by atoms with van der Waals surface area (Å²) in [5.41, 5.74) is 0.628. The summed E-state index contributed by atoms with van der Waals surface area (Å²) in [5.74, 6) is -0.672. The van der Waals surface area contributed by atoms with Gasteiger partial charge in [0.2, 0.25) is 0 Å². The number of benzene rings is 1. The van der Waals surface area contributed by atoms with Crippen molar-refractivity contribution in [3.63, 3.8) is 0 Å². The number of nitrogens with zero attached hydrogens (tertiary/aromatic N) is 4. The Bertz CT molecular complexity index is 958. The lowest BCUT2D eigenvalue weighted by Gasteiger charge is -2.31. The molecular weight excluding hydrogens is 354 g/mol. The number of halogens is 2. The van der Waals surface area contributed by atoms with Crippen LogP contribution in [0.2, 0.25) is 0 Å². The van der Waals surface area contributed by atoms with Crippen molar-refractivity contribution in [3.8, 4) is 11.5 Å². The Morgan fingerprint density at radius 1 is 1.19 bits per heavy atom. The largest absolute Gasteiger partial charge is 0.338 e. The smallest absolute Gasteiger partial charge is 0.257 e. The second-order valence-electron chi connectivity index (χ2n) is 6.41. The van der Waals surface area contributed by atoms with Gasteiger partial charge in [0.15, 0.2) is 11.6 Å². The maximum absolute atomic E-state index is 13.9. The normalized spacial score (nSPS) is 17.1. The zero-order valence-electron chi connectivity index (χ0n) is 14.3. The van der Waals surface area contributed by atoms with E-state index in [0.29, 0.717) is 30.4 Å². The predicted molar refractivity (Wildman–Crippen MR) is 91.8 cm³/mol. The van der Waals surface area contributed by atoms with Crippen LogP contribution in [0.25, 0.3) is 11.5 Å². The van der Waals surface area contributed by atoms with Crippen molar-refractivity contribution < 1.29 is 18.1 Å². The topological polar surface area (TPSA) is 72.1 Å². The molecule has 1 fully saturated rings. The molecule has 1 aliphatic heterocycles. The quantitative estimate of drug-likeness (QED) is 0.706. The predicted octanol–water partition coefficient (Wildman–Crippen LogP) is 3.43. The molecule has 3 aromatic rings. The van der Waals surface area contributed by atoms with Crippen LogP contribution in [0, 0.1) is 11.6 Å². The summed E-state index contributed by atoms with van der Waals surface area (Å²) in [5, 5.41) is 4.02. The molecule has 0 N–H and O–H groups in total. The second kappa shape index (κ2) is 7.22.